The van der Waals surface area contributed by atoms with Crippen molar-refractivity contribution in [2.45, 2.75) is 49.5 Å². The van der Waals surface area contributed by atoms with Gasteiger partial charge < -0.3 is 15.4 Å². The van der Waals surface area contributed by atoms with Crippen LogP contribution in [0.25, 0.3) is 0 Å². The van der Waals surface area contributed by atoms with Crippen molar-refractivity contribution in [3.05, 3.63) is 59.7 Å². The Bertz CT molecular complexity index is 1140. The van der Waals surface area contributed by atoms with Gasteiger partial charge in [0, 0.05) is 32.0 Å². The third kappa shape index (κ3) is 6.02. The number of ether oxygens (including phenoxy) is 1. The zero-order valence-corrected chi connectivity index (χ0v) is 20.9. The summed E-state index contributed by atoms with van der Waals surface area (Å²) in [4.78, 5) is 25.3. The molecule has 0 spiro atoms. The number of sulfonamides is 1. The number of rotatable bonds is 8. The molecule has 0 radical (unpaired) electrons. The molecule has 1 unspecified atom stereocenters. The summed E-state index contributed by atoms with van der Waals surface area (Å²) in [6.07, 6.45) is 4.13. The van der Waals surface area contributed by atoms with Crippen LogP contribution in [0.15, 0.2) is 53.4 Å². The molecule has 2 N–H and O–H groups in total. The molecule has 1 aliphatic heterocycles. The zero-order chi connectivity index (χ0) is 24.8. The lowest BCUT2D eigenvalue weighted by atomic mass is 9.87. The predicted molar refractivity (Wildman–Crippen MR) is 132 cm³/mol. The summed E-state index contributed by atoms with van der Waals surface area (Å²) in [5.74, 6) is 0.136. The molecule has 0 saturated carbocycles. The highest BCUT2D eigenvalue weighted by molar-refractivity contribution is 7.89. The summed E-state index contributed by atoms with van der Waals surface area (Å²) in [6, 6.07) is 14.5. The van der Waals surface area contributed by atoms with Crippen LogP contribution in [-0.4, -0.2) is 51.3 Å². The zero-order valence-electron chi connectivity index (χ0n) is 20.0. The monoisotopic (exact) mass is 499 g/mol. The highest BCUT2D eigenvalue weighted by Crippen LogP contribution is 2.29. The van der Waals surface area contributed by atoms with Gasteiger partial charge in [0.25, 0.3) is 0 Å². The van der Waals surface area contributed by atoms with Gasteiger partial charge in [-0.3, -0.25) is 9.59 Å². The van der Waals surface area contributed by atoms with Crippen molar-refractivity contribution in [1.82, 2.24) is 14.9 Å². The van der Waals surface area contributed by atoms with Crippen molar-refractivity contribution in [2.75, 3.05) is 26.7 Å². The van der Waals surface area contributed by atoms with Crippen molar-refractivity contribution in [2.24, 2.45) is 5.92 Å². The number of carbonyl (C=O) groups is 2. The second-order valence-corrected chi connectivity index (χ2v) is 11.0. The number of nitrogens with one attached hydrogen (secondary N) is 2. The van der Waals surface area contributed by atoms with Crippen LogP contribution in [0.5, 0.6) is 5.75 Å². The van der Waals surface area contributed by atoms with Crippen LogP contribution in [0.1, 0.15) is 49.3 Å². The number of carbonyl (C=O) groups excluding carboxylic acids is 2. The van der Waals surface area contributed by atoms with Crippen LogP contribution < -0.4 is 15.4 Å². The van der Waals surface area contributed by atoms with Gasteiger partial charge in [0.15, 0.2) is 0 Å². The molecular formula is C26H33N3O5S. The molecule has 35 heavy (non-hydrogen) atoms. The minimum atomic E-state index is -3.61. The average molecular weight is 500 g/mol. The molecule has 2 aromatic carbocycles. The van der Waals surface area contributed by atoms with E-state index in [-0.39, 0.29) is 54.7 Å². The van der Waals surface area contributed by atoms with Crippen LogP contribution in [0.4, 0.5) is 0 Å². The first-order valence-corrected chi connectivity index (χ1v) is 13.6. The number of hydrogen-bond acceptors (Lipinski definition) is 5. The predicted octanol–water partition coefficient (Wildman–Crippen LogP) is 2.80. The Balaban J connectivity index is 1.20. The van der Waals surface area contributed by atoms with Gasteiger partial charge in [0.1, 0.15) is 5.75 Å². The van der Waals surface area contributed by atoms with Gasteiger partial charge in [-0.05, 0) is 67.5 Å². The van der Waals surface area contributed by atoms with Crippen LogP contribution in [0.3, 0.4) is 0 Å². The van der Waals surface area contributed by atoms with E-state index in [2.05, 4.69) is 22.8 Å². The fraction of sp³-hybridized carbons (Fsp3) is 0.462. The molecule has 1 fully saturated rings. The summed E-state index contributed by atoms with van der Waals surface area (Å²) < 4.78 is 32.3. The third-order valence-electron chi connectivity index (χ3n) is 6.88. The smallest absolute Gasteiger partial charge is 0.243 e. The van der Waals surface area contributed by atoms with Gasteiger partial charge in [-0.15, -0.1) is 0 Å². The fourth-order valence-corrected chi connectivity index (χ4v) is 6.34. The van der Waals surface area contributed by atoms with Gasteiger partial charge in [0.05, 0.1) is 18.0 Å². The number of fused-ring (bicyclic) bond motifs is 1. The molecular weight excluding hydrogens is 466 g/mol. The molecule has 4 rings (SSSR count). The number of benzene rings is 2. The Morgan fingerprint density at radius 1 is 1.03 bits per heavy atom. The Kier molecular flexibility index (Phi) is 8.07. The van der Waals surface area contributed by atoms with Crippen LogP contribution >= 0.6 is 0 Å². The molecule has 2 amide bonds. The van der Waals surface area contributed by atoms with Crippen LogP contribution in [0.2, 0.25) is 0 Å². The van der Waals surface area contributed by atoms with E-state index in [9.17, 15) is 18.0 Å². The molecule has 0 aromatic heterocycles. The van der Waals surface area contributed by atoms with E-state index in [1.807, 2.05) is 12.1 Å². The van der Waals surface area contributed by atoms with E-state index in [1.54, 1.807) is 12.1 Å². The van der Waals surface area contributed by atoms with E-state index in [1.165, 1.54) is 34.7 Å². The Hall–Kier alpha value is -2.91. The first kappa shape index (κ1) is 25.2. The van der Waals surface area contributed by atoms with Gasteiger partial charge in [-0.1, -0.05) is 24.3 Å². The lowest BCUT2D eigenvalue weighted by Gasteiger charge is -2.30. The van der Waals surface area contributed by atoms with Crippen molar-refractivity contribution in [3.8, 4) is 5.75 Å². The molecule has 9 heteroatoms. The van der Waals surface area contributed by atoms with Crippen molar-refractivity contribution >= 4 is 21.8 Å². The molecule has 1 heterocycles. The fourth-order valence-electron chi connectivity index (χ4n) is 4.87. The molecule has 188 valence electrons. The van der Waals surface area contributed by atoms with Crippen molar-refractivity contribution in [3.63, 3.8) is 0 Å². The Morgan fingerprint density at radius 2 is 1.74 bits per heavy atom. The highest BCUT2D eigenvalue weighted by Gasteiger charge is 2.32. The summed E-state index contributed by atoms with van der Waals surface area (Å²) in [5.41, 5.74) is 2.48. The molecule has 0 bridgehead atoms. The van der Waals surface area contributed by atoms with Gasteiger partial charge in [-0.25, -0.2) is 8.42 Å². The molecule has 1 saturated heterocycles. The molecule has 8 nitrogen and oxygen atoms in total. The first-order chi connectivity index (χ1) is 16.9. The maximum Gasteiger partial charge on any atom is 0.243 e. The Morgan fingerprint density at radius 3 is 2.46 bits per heavy atom. The maximum atomic E-state index is 12.9. The number of amides is 2. The average Bonchev–Trinajstić information content (AvgIpc) is 2.89. The quantitative estimate of drug-likeness (QED) is 0.581. The summed E-state index contributed by atoms with van der Waals surface area (Å²) in [5, 5.41) is 5.96. The summed E-state index contributed by atoms with van der Waals surface area (Å²) >= 11 is 0. The van der Waals surface area contributed by atoms with Crippen LogP contribution in [-0.2, 0) is 26.0 Å². The number of nitrogens with zero attached hydrogens (tertiary/aromatic N) is 1. The van der Waals surface area contributed by atoms with E-state index < -0.39 is 10.0 Å². The normalized spacial score (nSPS) is 18.9. The second-order valence-electron chi connectivity index (χ2n) is 9.11. The van der Waals surface area contributed by atoms with E-state index in [0.29, 0.717) is 18.6 Å². The highest BCUT2D eigenvalue weighted by atomic mass is 32.2. The SMILES string of the molecule is COc1ccc(S(=O)(=O)N2CCC(C(=O)NCCC(=O)NC3CCCc4ccccc43)CC2)cc1. The minimum absolute atomic E-state index is 0.0279. The van der Waals surface area contributed by atoms with Crippen molar-refractivity contribution < 1.29 is 22.7 Å². The standard InChI is InChI=1S/C26H33N3O5S/c1-34-21-9-11-22(12-10-21)35(32,33)29-17-14-20(15-18-29)26(31)27-16-13-25(30)28-24-8-4-6-19-5-2-3-7-23(19)24/h2-3,5,7,9-12,20,24H,4,6,8,13-18H2,1H3,(H,27,31)(H,28,30). The Labute approximate surface area is 207 Å². The van der Waals surface area contributed by atoms with Gasteiger partial charge >= 0.3 is 0 Å². The first-order valence-electron chi connectivity index (χ1n) is 12.2. The van der Waals surface area contributed by atoms with Gasteiger partial charge in [-0.2, -0.15) is 4.31 Å². The summed E-state index contributed by atoms with van der Waals surface area (Å²) in [7, 11) is -2.08. The van der Waals surface area contributed by atoms with Crippen LogP contribution in [0, 0.1) is 5.92 Å². The third-order valence-corrected chi connectivity index (χ3v) is 8.79. The lowest BCUT2D eigenvalue weighted by molar-refractivity contribution is -0.126. The molecule has 2 aliphatic rings. The van der Waals surface area contributed by atoms with E-state index in [0.717, 1.165) is 19.3 Å². The van der Waals surface area contributed by atoms with Crippen molar-refractivity contribution in [1.29, 1.82) is 0 Å². The molecule has 1 atom stereocenters. The second kappa shape index (κ2) is 11.2. The largest absolute Gasteiger partial charge is 0.497 e. The number of methoxy groups -OCH3 is 1. The molecule has 2 aromatic rings. The van der Waals surface area contributed by atoms with E-state index in [4.69, 9.17) is 4.74 Å². The van der Waals surface area contributed by atoms with E-state index >= 15 is 0 Å². The van der Waals surface area contributed by atoms with Gasteiger partial charge in [0.2, 0.25) is 21.8 Å². The number of aryl methyl sites for hydroxylation is 1. The maximum absolute atomic E-state index is 12.9. The number of piperidine rings is 1. The number of hydrogen-bond donors (Lipinski definition) is 2. The molecule has 1 aliphatic carbocycles. The lowest BCUT2D eigenvalue weighted by Crippen LogP contribution is -2.43. The summed E-state index contributed by atoms with van der Waals surface area (Å²) in [6.45, 7) is 0.839. The topological polar surface area (TPSA) is 105 Å². The minimum Gasteiger partial charge on any atom is -0.497 e.